The number of rotatable bonds is 4. The Kier molecular flexibility index (Phi) is 3.92. The first-order chi connectivity index (χ1) is 11.5. The Bertz CT molecular complexity index is 864. The number of anilines is 1. The molecule has 1 aromatic carbocycles. The van der Waals surface area contributed by atoms with Crippen molar-refractivity contribution in [1.29, 1.82) is 0 Å². The maximum Gasteiger partial charge on any atom is 0.214 e. The van der Waals surface area contributed by atoms with Gasteiger partial charge in [-0.3, -0.25) is 0 Å². The maximum absolute atomic E-state index is 12.2. The van der Waals surface area contributed by atoms with Gasteiger partial charge >= 0.3 is 0 Å². The van der Waals surface area contributed by atoms with Crippen LogP contribution in [-0.4, -0.2) is 42.8 Å². The van der Waals surface area contributed by atoms with Gasteiger partial charge in [0.2, 0.25) is 10.0 Å². The number of hydrogen-bond acceptors (Lipinski definition) is 5. The predicted molar refractivity (Wildman–Crippen MR) is 94.6 cm³/mol. The van der Waals surface area contributed by atoms with Crippen LogP contribution in [0.4, 0.5) is 5.82 Å². The van der Waals surface area contributed by atoms with Gasteiger partial charge in [0.25, 0.3) is 0 Å². The summed E-state index contributed by atoms with van der Waals surface area (Å²) in [6.07, 6.45) is 3.41. The highest BCUT2D eigenvalue weighted by molar-refractivity contribution is 7.90. The van der Waals surface area contributed by atoms with E-state index in [-0.39, 0.29) is 11.3 Å². The molecule has 1 unspecified atom stereocenters. The molecule has 1 atom stereocenters. The van der Waals surface area contributed by atoms with Crippen molar-refractivity contribution in [3.63, 3.8) is 0 Å². The highest BCUT2D eigenvalue weighted by atomic mass is 32.2. The second-order valence-electron chi connectivity index (χ2n) is 6.77. The SMILES string of the molecule is Cc1nc2ccccc2nc1N1CCCC(NS(=O)(=O)C2CC2)C1. The van der Waals surface area contributed by atoms with Gasteiger partial charge in [0.05, 0.1) is 22.0 Å². The number of aryl methyl sites for hydroxylation is 1. The molecular weight excluding hydrogens is 324 g/mol. The van der Waals surface area contributed by atoms with E-state index in [0.717, 1.165) is 54.8 Å². The number of benzene rings is 1. The summed E-state index contributed by atoms with van der Waals surface area (Å²) < 4.78 is 27.3. The van der Waals surface area contributed by atoms with Crippen LogP contribution in [0.25, 0.3) is 11.0 Å². The van der Waals surface area contributed by atoms with Crippen LogP contribution >= 0.6 is 0 Å². The van der Waals surface area contributed by atoms with E-state index in [0.29, 0.717) is 6.54 Å². The van der Waals surface area contributed by atoms with Crippen LogP contribution in [0, 0.1) is 6.92 Å². The zero-order valence-corrected chi connectivity index (χ0v) is 14.6. The largest absolute Gasteiger partial charge is 0.353 e. The minimum absolute atomic E-state index is 0.0444. The summed E-state index contributed by atoms with van der Waals surface area (Å²) in [6.45, 7) is 3.50. The molecule has 0 spiro atoms. The summed E-state index contributed by atoms with van der Waals surface area (Å²) in [5.74, 6) is 0.865. The van der Waals surface area contributed by atoms with Gasteiger partial charge < -0.3 is 4.90 Å². The molecule has 1 aromatic heterocycles. The molecule has 6 nitrogen and oxygen atoms in total. The summed E-state index contributed by atoms with van der Waals surface area (Å²) in [5, 5.41) is -0.171. The van der Waals surface area contributed by atoms with E-state index in [2.05, 4.69) is 14.6 Å². The standard InChI is InChI=1S/C17H22N4O2S/c1-12-17(19-16-7-3-2-6-15(16)18-12)21-10-4-5-13(11-21)20-24(22,23)14-8-9-14/h2-3,6-7,13-14,20H,4-5,8-11H2,1H3. The van der Waals surface area contributed by atoms with Crippen molar-refractivity contribution in [2.75, 3.05) is 18.0 Å². The quantitative estimate of drug-likeness (QED) is 0.916. The van der Waals surface area contributed by atoms with Gasteiger partial charge in [-0.1, -0.05) is 12.1 Å². The molecule has 7 heteroatoms. The number of nitrogens with zero attached hydrogens (tertiary/aromatic N) is 3. The zero-order valence-electron chi connectivity index (χ0n) is 13.8. The van der Waals surface area contributed by atoms with Crippen LogP contribution in [0.1, 0.15) is 31.4 Å². The topological polar surface area (TPSA) is 75.2 Å². The minimum Gasteiger partial charge on any atom is -0.353 e. The lowest BCUT2D eigenvalue weighted by Gasteiger charge is -2.34. The van der Waals surface area contributed by atoms with Gasteiger partial charge in [0.15, 0.2) is 5.82 Å². The van der Waals surface area contributed by atoms with E-state index in [4.69, 9.17) is 4.98 Å². The van der Waals surface area contributed by atoms with Crippen LogP contribution in [-0.2, 0) is 10.0 Å². The van der Waals surface area contributed by atoms with Crippen molar-refractivity contribution in [2.45, 2.75) is 43.9 Å². The summed E-state index contributed by atoms with van der Waals surface area (Å²) >= 11 is 0. The van der Waals surface area contributed by atoms with E-state index in [1.54, 1.807) is 0 Å². The van der Waals surface area contributed by atoms with E-state index in [9.17, 15) is 8.42 Å². The van der Waals surface area contributed by atoms with Gasteiger partial charge in [-0.05, 0) is 44.7 Å². The smallest absolute Gasteiger partial charge is 0.214 e. The molecule has 24 heavy (non-hydrogen) atoms. The number of hydrogen-bond donors (Lipinski definition) is 1. The molecule has 1 N–H and O–H groups in total. The van der Waals surface area contributed by atoms with Gasteiger partial charge in [-0.2, -0.15) is 0 Å². The van der Waals surface area contributed by atoms with Gasteiger partial charge in [-0.15, -0.1) is 0 Å². The fourth-order valence-electron chi connectivity index (χ4n) is 3.35. The normalized spacial score (nSPS) is 22.0. The second-order valence-corrected chi connectivity index (χ2v) is 8.76. The summed E-state index contributed by atoms with van der Waals surface area (Å²) in [5.41, 5.74) is 2.65. The first-order valence-corrected chi connectivity index (χ1v) is 10.1. The monoisotopic (exact) mass is 346 g/mol. The number of sulfonamides is 1. The molecule has 2 heterocycles. The Labute approximate surface area is 142 Å². The second kappa shape index (κ2) is 5.97. The molecular formula is C17H22N4O2S. The number of aromatic nitrogens is 2. The molecule has 1 aliphatic heterocycles. The third kappa shape index (κ3) is 3.10. The van der Waals surface area contributed by atoms with Gasteiger partial charge in [0, 0.05) is 19.1 Å². The lowest BCUT2D eigenvalue weighted by molar-refractivity contribution is 0.463. The van der Waals surface area contributed by atoms with Gasteiger partial charge in [0.1, 0.15) is 0 Å². The van der Waals surface area contributed by atoms with Crippen molar-refractivity contribution in [2.24, 2.45) is 0 Å². The van der Waals surface area contributed by atoms with Crippen molar-refractivity contribution < 1.29 is 8.42 Å². The Morgan fingerprint density at radius 3 is 2.54 bits per heavy atom. The van der Waals surface area contributed by atoms with Crippen LogP contribution < -0.4 is 9.62 Å². The average Bonchev–Trinajstić information content (AvgIpc) is 3.39. The predicted octanol–water partition coefficient (Wildman–Crippen LogP) is 1.99. The van der Waals surface area contributed by atoms with E-state index >= 15 is 0 Å². The average molecular weight is 346 g/mol. The fourth-order valence-corrected chi connectivity index (χ4v) is 4.96. The van der Waals surface area contributed by atoms with Crippen LogP contribution in [0.2, 0.25) is 0 Å². The van der Waals surface area contributed by atoms with Crippen LogP contribution in [0.5, 0.6) is 0 Å². The lowest BCUT2D eigenvalue weighted by atomic mass is 10.1. The van der Waals surface area contributed by atoms with Crippen molar-refractivity contribution >= 4 is 26.9 Å². The highest BCUT2D eigenvalue weighted by Crippen LogP contribution is 2.29. The minimum atomic E-state index is -3.15. The molecule has 2 fully saturated rings. The molecule has 1 saturated heterocycles. The third-order valence-electron chi connectivity index (χ3n) is 4.73. The van der Waals surface area contributed by atoms with Crippen molar-refractivity contribution in [3.8, 4) is 0 Å². The first-order valence-electron chi connectivity index (χ1n) is 8.52. The Balaban J connectivity index is 1.56. The maximum atomic E-state index is 12.2. The zero-order chi connectivity index (χ0) is 16.7. The molecule has 0 radical (unpaired) electrons. The van der Waals surface area contributed by atoms with Crippen LogP contribution in [0.15, 0.2) is 24.3 Å². The van der Waals surface area contributed by atoms with Crippen molar-refractivity contribution in [1.82, 2.24) is 14.7 Å². The molecule has 0 amide bonds. The Morgan fingerprint density at radius 1 is 1.12 bits per heavy atom. The third-order valence-corrected chi connectivity index (χ3v) is 6.75. The van der Waals surface area contributed by atoms with E-state index in [1.807, 2.05) is 31.2 Å². The highest BCUT2D eigenvalue weighted by Gasteiger charge is 2.37. The van der Waals surface area contributed by atoms with E-state index < -0.39 is 10.0 Å². The van der Waals surface area contributed by atoms with E-state index in [1.165, 1.54) is 0 Å². The number of para-hydroxylation sites is 2. The molecule has 2 aromatic rings. The molecule has 1 saturated carbocycles. The van der Waals surface area contributed by atoms with Crippen molar-refractivity contribution in [3.05, 3.63) is 30.0 Å². The molecule has 4 rings (SSSR count). The number of nitrogens with one attached hydrogen (secondary N) is 1. The summed E-state index contributed by atoms with van der Waals surface area (Å²) in [4.78, 5) is 11.6. The lowest BCUT2D eigenvalue weighted by Crippen LogP contribution is -2.49. The number of piperidine rings is 1. The van der Waals surface area contributed by atoms with Crippen LogP contribution in [0.3, 0.4) is 0 Å². The molecule has 128 valence electrons. The Morgan fingerprint density at radius 2 is 1.83 bits per heavy atom. The Hall–Kier alpha value is -1.73. The molecule has 2 aliphatic rings. The fraction of sp³-hybridized carbons (Fsp3) is 0.529. The summed E-state index contributed by atoms with van der Waals surface area (Å²) in [7, 11) is -3.15. The summed E-state index contributed by atoms with van der Waals surface area (Å²) in [6, 6.07) is 7.79. The first kappa shape index (κ1) is 15.8. The van der Waals surface area contributed by atoms with Gasteiger partial charge in [-0.25, -0.2) is 23.1 Å². The number of fused-ring (bicyclic) bond motifs is 1. The molecule has 0 bridgehead atoms. The molecule has 1 aliphatic carbocycles.